The summed E-state index contributed by atoms with van der Waals surface area (Å²) >= 11 is 0. The van der Waals surface area contributed by atoms with E-state index in [0.717, 1.165) is 0 Å². The van der Waals surface area contributed by atoms with Gasteiger partial charge in [0.05, 0.1) is 5.92 Å². The molecule has 0 unspecified atom stereocenters. The van der Waals surface area contributed by atoms with Crippen molar-refractivity contribution < 1.29 is 9.53 Å². The van der Waals surface area contributed by atoms with Crippen LogP contribution in [-0.2, 0) is 9.53 Å². The molecule has 0 spiro atoms. The van der Waals surface area contributed by atoms with Crippen LogP contribution in [0.1, 0.15) is 0 Å². The fourth-order valence-electron chi connectivity index (χ4n) is 3.33. The fraction of sp³-hybridized carbons (Fsp3) is 0.545. The molecule has 0 amide bonds. The first-order valence-corrected chi connectivity index (χ1v) is 4.93. The normalized spacial score (nSPS) is 58.9. The monoisotopic (exact) mass is 174 g/mol. The van der Waals surface area contributed by atoms with Crippen molar-refractivity contribution in [1.82, 2.24) is 0 Å². The van der Waals surface area contributed by atoms with Gasteiger partial charge in [-0.2, -0.15) is 0 Å². The molecule has 1 heterocycles. The van der Waals surface area contributed by atoms with Gasteiger partial charge in [-0.25, -0.2) is 0 Å². The summed E-state index contributed by atoms with van der Waals surface area (Å²) in [5, 5.41) is 0. The topological polar surface area (TPSA) is 26.3 Å². The third-order valence-corrected chi connectivity index (χ3v) is 4.00. The molecule has 2 nitrogen and oxygen atoms in total. The highest BCUT2D eigenvalue weighted by Gasteiger charge is 2.63. The Morgan fingerprint density at radius 2 is 1.69 bits per heavy atom. The molecule has 1 saturated carbocycles. The molecule has 4 rings (SSSR count). The van der Waals surface area contributed by atoms with Gasteiger partial charge in [-0.3, -0.25) is 4.79 Å². The Balaban J connectivity index is 1.94. The van der Waals surface area contributed by atoms with Gasteiger partial charge in [0.25, 0.3) is 0 Å². The van der Waals surface area contributed by atoms with Gasteiger partial charge >= 0.3 is 5.97 Å². The zero-order valence-corrected chi connectivity index (χ0v) is 7.09. The second kappa shape index (κ2) is 1.74. The van der Waals surface area contributed by atoms with E-state index in [1.165, 1.54) is 0 Å². The van der Waals surface area contributed by atoms with Gasteiger partial charge in [0.2, 0.25) is 0 Å². The maximum atomic E-state index is 11.5. The highest BCUT2D eigenvalue weighted by molar-refractivity contribution is 5.78. The van der Waals surface area contributed by atoms with E-state index in [2.05, 4.69) is 24.3 Å². The molecule has 6 atom stereocenters. The lowest BCUT2D eigenvalue weighted by molar-refractivity contribution is -0.143. The number of fused-ring (bicyclic) bond motifs is 1. The molecule has 2 heteroatoms. The van der Waals surface area contributed by atoms with E-state index in [4.69, 9.17) is 4.74 Å². The van der Waals surface area contributed by atoms with Crippen LogP contribution >= 0.6 is 0 Å². The average molecular weight is 174 g/mol. The fourth-order valence-corrected chi connectivity index (χ4v) is 3.33. The molecule has 3 aliphatic carbocycles. The number of carbonyl (C=O) groups excluding carboxylic acids is 1. The lowest BCUT2D eigenvalue weighted by atomic mass is 9.83. The summed E-state index contributed by atoms with van der Waals surface area (Å²) in [5.74, 6) is 2.43. The third kappa shape index (κ3) is 0.578. The van der Waals surface area contributed by atoms with Gasteiger partial charge in [-0.1, -0.05) is 18.2 Å². The van der Waals surface area contributed by atoms with Gasteiger partial charge in [-0.15, -0.1) is 0 Å². The van der Waals surface area contributed by atoms with Crippen molar-refractivity contribution in [1.29, 1.82) is 0 Å². The SMILES string of the molecule is O=C1O[C@@H]2C=C[C@@H]3[C@H]4C=C[C@H]2[C@@H]1[C@@H]43. The summed E-state index contributed by atoms with van der Waals surface area (Å²) in [6, 6.07) is 0. The lowest BCUT2D eigenvalue weighted by Gasteiger charge is -2.16. The van der Waals surface area contributed by atoms with E-state index >= 15 is 0 Å². The van der Waals surface area contributed by atoms with Crippen LogP contribution in [0.2, 0.25) is 0 Å². The Labute approximate surface area is 76.3 Å². The summed E-state index contributed by atoms with van der Waals surface area (Å²) in [5.41, 5.74) is 0. The molecule has 0 N–H and O–H groups in total. The standard InChI is InChI=1S/C11H10O2/c12-11-10-7-2-1-5-6(9(5)10)3-4-8(7)13-11/h1-10H/t5-,6-,7-,8-,9+,10-/m1/s1. The van der Waals surface area contributed by atoms with Crippen LogP contribution < -0.4 is 0 Å². The van der Waals surface area contributed by atoms with Crippen molar-refractivity contribution in [3.63, 3.8) is 0 Å². The van der Waals surface area contributed by atoms with Crippen LogP contribution in [0.25, 0.3) is 0 Å². The number of esters is 1. The zero-order valence-electron chi connectivity index (χ0n) is 7.09. The minimum atomic E-state index is 0.0428. The van der Waals surface area contributed by atoms with Crippen molar-refractivity contribution in [3.05, 3.63) is 24.3 Å². The maximum Gasteiger partial charge on any atom is 0.310 e. The molecule has 0 aromatic rings. The van der Waals surface area contributed by atoms with Crippen LogP contribution in [0.15, 0.2) is 24.3 Å². The Bertz CT molecular complexity index is 355. The van der Waals surface area contributed by atoms with Crippen LogP contribution in [-0.4, -0.2) is 12.1 Å². The first-order chi connectivity index (χ1) is 6.36. The summed E-state index contributed by atoms with van der Waals surface area (Å²) in [4.78, 5) is 11.5. The number of allylic oxidation sites excluding steroid dienone is 2. The van der Waals surface area contributed by atoms with Crippen molar-refractivity contribution in [3.8, 4) is 0 Å². The molecule has 0 aromatic carbocycles. The van der Waals surface area contributed by atoms with Crippen LogP contribution in [0.4, 0.5) is 0 Å². The molecule has 1 saturated heterocycles. The minimum absolute atomic E-state index is 0.0428. The van der Waals surface area contributed by atoms with Crippen LogP contribution in [0.3, 0.4) is 0 Å². The number of ether oxygens (including phenoxy) is 1. The van der Waals surface area contributed by atoms with E-state index in [0.29, 0.717) is 23.7 Å². The third-order valence-electron chi connectivity index (χ3n) is 4.00. The van der Waals surface area contributed by atoms with Crippen molar-refractivity contribution in [2.24, 2.45) is 29.6 Å². The van der Waals surface area contributed by atoms with E-state index < -0.39 is 0 Å². The first-order valence-electron chi connectivity index (χ1n) is 4.93. The van der Waals surface area contributed by atoms with Crippen molar-refractivity contribution >= 4 is 5.97 Å². The Morgan fingerprint density at radius 3 is 2.54 bits per heavy atom. The van der Waals surface area contributed by atoms with E-state index in [1.807, 2.05) is 0 Å². The molecule has 4 bridgehead atoms. The largest absolute Gasteiger partial charge is 0.457 e. The number of hydrogen-bond acceptors (Lipinski definition) is 2. The first kappa shape index (κ1) is 6.41. The minimum Gasteiger partial charge on any atom is -0.457 e. The summed E-state index contributed by atoms with van der Waals surface area (Å²) in [7, 11) is 0. The Hall–Kier alpha value is -1.05. The molecule has 0 radical (unpaired) electrons. The molecule has 4 aliphatic rings. The summed E-state index contributed by atoms with van der Waals surface area (Å²) in [6.45, 7) is 0. The molecule has 2 fully saturated rings. The predicted octanol–water partition coefficient (Wildman–Crippen LogP) is 1.15. The van der Waals surface area contributed by atoms with Gasteiger partial charge in [0.15, 0.2) is 0 Å². The molecular formula is C11H10O2. The molecule has 1 aliphatic heterocycles. The molecule has 13 heavy (non-hydrogen) atoms. The quantitative estimate of drug-likeness (QED) is 0.406. The number of hydrogen-bond donors (Lipinski definition) is 0. The highest BCUT2D eigenvalue weighted by Crippen LogP contribution is 2.62. The molecule has 66 valence electrons. The number of rotatable bonds is 0. The van der Waals surface area contributed by atoms with Crippen molar-refractivity contribution in [2.45, 2.75) is 6.10 Å². The Kier molecular flexibility index (Phi) is 0.859. The molecule has 0 aromatic heterocycles. The van der Waals surface area contributed by atoms with Gasteiger partial charge in [0.1, 0.15) is 6.10 Å². The summed E-state index contributed by atoms with van der Waals surface area (Å²) < 4.78 is 5.32. The predicted molar refractivity (Wildman–Crippen MR) is 45.6 cm³/mol. The number of carbonyl (C=O) groups is 1. The van der Waals surface area contributed by atoms with E-state index in [9.17, 15) is 4.79 Å². The van der Waals surface area contributed by atoms with Crippen molar-refractivity contribution in [2.75, 3.05) is 0 Å². The van der Waals surface area contributed by atoms with E-state index in [-0.39, 0.29) is 18.0 Å². The van der Waals surface area contributed by atoms with E-state index in [1.54, 1.807) is 0 Å². The maximum absolute atomic E-state index is 11.5. The lowest BCUT2D eigenvalue weighted by Crippen LogP contribution is -2.21. The molecular weight excluding hydrogens is 164 g/mol. The second-order valence-electron chi connectivity index (χ2n) is 4.51. The second-order valence-corrected chi connectivity index (χ2v) is 4.51. The van der Waals surface area contributed by atoms with Gasteiger partial charge in [-0.05, 0) is 23.8 Å². The van der Waals surface area contributed by atoms with Crippen LogP contribution in [0, 0.1) is 29.6 Å². The van der Waals surface area contributed by atoms with Crippen LogP contribution in [0.5, 0.6) is 0 Å². The van der Waals surface area contributed by atoms with Gasteiger partial charge in [0, 0.05) is 5.92 Å². The highest BCUT2D eigenvalue weighted by atomic mass is 16.6. The zero-order chi connectivity index (χ0) is 8.58. The smallest absolute Gasteiger partial charge is 0.310 e. The van der Waals surface area contributed by atoms with Gasteiger partial charge < -0.3 is 4.74 Å². The average Bonchev–Trinajstić information content (AvgIpc) is 2.72. The summed E-state index contributed by atoms with van der Waals surface area (Å²) in [6.07, 6.45) is 8.88. The Morgan fingerprint density at radius 1 is 1.00 bits per heavy atom.